The van der Waals surface area contributed by atoms with E-state index in [1.54, 1.807) is 0 Å². The topological polar surface area (TPSA) is 90.5 Å². The lowest BCUT2D eigenvalue weighted by atomic mass is 10.1. The molecule has 0 aromatic heterocycles. The first kappa shape index (κ1) is 17.3. The van der Waals surface area contributed by atoms with Gasteiger partial charge >= 0.3 is 0 Å². The summed E-state index contributed by atoms with van der Waals surface area (Å²) in [5.41, 5.74) is 0.353. The van der Waals surface area contributed by atoms with Gasteiger partial charge in [-0.3, -0.25) is 14.4 Å². The van der Waals surface area contributed by atoms with Gasteiger partial charge in [0.25, 0.3) is 5.91 Å². The van der Waals surface area contributed by atoms with E-state index in [0.717, 1.165) is 0 Å². The second kappa shape index (κ2) is 7.60. The van der Waals surface area contributed by atoms with Gasteiger partial charge in [0.2, 0.25) is 11.8 Å². The second-order valence-electron chi connectivity index (χ2n) is 6.34. The van der Waals surface area contributed by atoms with E-state index in [1.165, 1.54) is 29.2 Å². The molecule has 1 aromatic rings. The molecule has 2 aliphatic heterocycles. The highest BCUT2D eigenvalue weighted by Crippen LogP contribution is 2.13. The van der Waals surface area contributed by atoms with E-state index < -0.39 is 11.9 Å². The summed E-state index contributed by atoms with van der Waals surface area (Å²) in [6.07, 6.45) is 0.404. The fourth-order valence-corrected chi connectivity index (χ4v) is 3.11. The highest BCUT2D eigenvalue weighted by atomic mass is 19.1. The van der Waals surface area contributed by atoms with Gasteiger partial charge in [-0.05, 0) is 24.3 Å². The highest BCUT2D eigenvalue weighted by Gasteiger charge is 2.33. The number of carbonyl (C=O) groups is 3. The lowest BCUT2D eigenvalue weighted by Crippen LogP contribution is -2.59. The summed E-state index contributed by atoms with van der Waals surface area (Å²) in [7, 11) is 0. The molecule has 2 fully saturated rings. The Hall–Kier alpha value is -2.48. The predicted molar refractivity (Wildman–Crippen MR) is 88.2 cm³/mol. The van der Waals surface area contributed by atoms with E-state index in [4.69, 9.17) is 0 Å². The molecule has 0 bridgehead atoms. The molecule has 2 heterocycles. The summed E-state index contributed by atoms with van der Waals surface area (Å²) in [6.45, 7) is 2.31. The fraction of sp³-hybridized carbons (Fsp3) is 0.471. The Morgan fingerprint density at radius 2 is 2.00 bits per heavy atom. The minimum Gasteiger partial charge on any atom is -0.356 e. The molecule has 0 radical (unpaired) electrons. The number of halogens is 1. The Bertz CT molecular complexity index is 664. The van der Waals surface area contributed by atoms with Crippen molar-refractivity contribution in [1.82, 2.24) is 20.9 Å². The Kier molecular flexibility index (Phi) is 5.28. The zero-order chi connectivity index (χ0) is 17.8. The lowest BCUT2D eigenvalue weighted by molar-refractivity contribution is -0.126. The highest BCUT2D eigenvalue weighted by molar-refractivity contribution is 5.97. The van der Waals surface area contributed by atoms with Crippen molar-refractivity contribution in [2.75, 3.05) is 32.7 Å². The van der Waals surface area contributed by atoms with Crippen molar-refractivity contribution < 1.29 is 18.8 Å². The average Bonchev–Trinajstić information content (AvgIpc) is 3.05. The first-order valence-electron chi connectivity index (χ1n) is 8.36. The third-order valence-electron chi connectivity index (χ3n) is 4.53. The Morgan fingerprint density at radius 3 is 2.68 bits per heavy atom. The average molecular weight is 348 g/mol. The summed E-state index contributed by atoms with van der Waals surface area (Å²) < 4.78 is 13.0. The number of nitrogens with zero attached hydrogens (tertiary/aromatic N) is 1. The van der Waals surface area contributed by atoms with Crippen LogP contribution in [0.5, 0.6) is 0 Å². The van der Waals surface area contributed by atoms with E-state index in [9.17, 15) is 18.8 Å². The van der Waals surface area contributed by atoms with Crippen molar-refractivity contribution in [3.05, 3.63) is 35.6 Å². The SMILES string of the molecule is O=C1CC(CNC(=O)C2CNCCN2C(=O)c2ccc(F)cc2)CN1. The van der Waals surface area contributed by atoms with Gasteiger partial charge in [0.15, 0.2) is 0 Å². The number of amides is 3. The number of rotatable bonds is 4. The first-order valence-corrected chi connectivity index (χ1v) is 8.36. The third kappa shape index (κ3) is 4.14. The van der Waals surface area contributed by atoms with Crippen molar-refractivity contribution >= 4 is 17.7 Å². The quantitative estimate of drug-likeness (QED) is 0.684. The van der Waals surface area contributed by atoms with Crippen LogP contribution in [0.3, 0.4) is 0 Å². The molecule has 3 rings (SSSR count). The number of carbonyl (C=O) groups excluding carboxylic acids is 3. The predicted octanol–water partition coefficient (Wildman–Crippen LogP) is -0.508. The number of nitrogens with one attached hydrogen (secondary N) is 3. The van der Waals surface area contributed by atoms with Crippen LogP contribution in [-0.4, -0.2) is 61.4 Å². The van der Waals surface area contributed by atoms with E-state index in [1.807, 2.05) is 0 Å². The minimum absolute atomic E-state index is 0.00769. The maximum absolute atomic E-state index is 13.0. The standard InChI is InChI=1S/C17H21FN4O3/c18-13-3-1-12(2-4-13)17(25)22-6-5-19-10-14(22)16(24)21-9-11-7-15(23)20-8-11/h1-4,11,14,19H,5-10H2,(H,20,23)(H,21,24). The van der Waals surface area contributed by atoms with Crippen LogP contribution in [0.15, 0.2) is 24.3 Å². The molecule has 1 aromatic carbocycles. The van der Waals surface area contributed by atoms with Gasteiger partial charge in [-0.25, -0.2) is 4.39 Å². The molecule has 2 aliphatic rings. The van der Waals surface area contributed by atoms with Crippen molar-refractivity contribution in [3.8, 4) is 0 Å². The second-order valence-corrected chi connectivity index (χ2v) is 6.34. The van der Waals surface area contributed by atoms with Crippen LogP contribution in [0.1, 0.15) is 16.8 Å². The van der Waals surface area contributed by atoms with Crippen molar-refractivity contribution in [2.24, 2.45) is 5.92 Å². The molecule has 0 aliphatic carbocycles. The summed E-state index contributed by atoms with van der Waals surface area (Å²) in [4.78, 5) is 37.9. The van der Waals surface area contributed by atoms with Crippen LogP contribution >= 0.6 is 0 Å². The molecule has 0 saturated carbocycles. The molecule has 2 unspecified atom stereocenters. The maximum atomic E-state index is 13.0. The minimum atomic E-state index is -0.628. The molecule has 7 nitrogen and oxygen atoms in total. The van der Waals surface area contributed by atoms with Crippen LogP contribution in [0.2, 0.25) is 0 Å². The Morgan fingerprint density at radius 1 is 1.24 bits per heavy atom. The monoisotopic (exact) mass is 348 g/mol. The molecule has 3 N–H and O–H groups in total. The lowest BCUT2D eigenvalue weighted by Gasteiger charge is -2.35. The van der Waals surface area contributed by atoms with Gasteiger partial charge in [0.1, 0.15) is 11.9 Å². The van der Waals surface area contributed by atoms with Crippen molar-refractivity contribution in [2.45, 2.75) is 12.5 Å². The van der Waals surface area contributed by atoms with E-state index in [2.05, 4.69) is 16.0 Å². The van der Waals surface area contributed by atoms with Gasteiger partial charge in [-0.1, -0.05) is 0 Å². The number of hydrogen-bond donors (Lipinski definition) is 3. The van der Waals surface area contributed by atoms with Crippen molar-refractivity contribution in [3.63, 3.8) is 0 Å². The van der Waals surface area contributed by atoms with Gasteiger partial charge in [0.05, 0.1) is 0 Å². The first-order chi connectivity index (χ1) is 12.0. The maximum Gasteiger partial charge on any atom is 0.254 e. The van der Waals surface area contributed by atoms with Crippen LogP contribution < -0.4 is 16.0 Å². The molecule has 25 heavy (non-hydrogen) atoms. The zero-order valence-corrected chi connectivity index (χ0v) is 13.8. The third-order valence-corrected chi connectivity index (χ3v) is 4.53. The fourth-order valence-electron chi connectivity index (χ4n) is 3.11. The van der Waals surface area contributed by atoms with Crippen molar-refractivity contribution in [1.29, 1.82) is 0 Å². The van der Waals surface area contributed by atoms with Gasteiger partial charge in [-0.15, -0.1) is 0 Å². The molecular formula is C17H21FN4O3. The van der Waals surface area contributed by atoms with Gasteiger partial charge in [0, 0.05) is 50.6 Å². The summed E-state index contributed by atoms with van der Waals surface area (Å²) >= 11 is 0. The smallest absolute Gasteiger partial charge is 0.254 e. The molecule has 2 atom stereocenters. The summed E-state index contributed by atoms with van der Waals surface area (Å²) in [6, 6.07) is 4.68. The van der Waals surface area contributed by atoms with Crippen LogP contribution in [0.25, 0.3) is 0 Å². The number of piperazine rings is 1. The summed E-state index contributed by atoms with van der Waals surface area (Å²) in [5, 5.41) is 8.68. The normalized spacial score (nSPS) is 23.2. The van der Waals surface area contributed by atoms with Gasteiger partial charge < -0.3 is 20.9 Å². The largest absolute Gasteiger partial charge is 0.356 e. The van der Waals surface area contributed by atoms with Gasteiger partial charge in [-0.2, -0.15) is 0 Å². The number of hydrogen-bond acceptors (Lipinski definition) is 4. The molecule has 0 spiro atoms. The van der Waals surface area contributed by atoms with E-state index >= 15 is 0 Å². The Balaban J connectivity index is 1.63. The zero-order valence-electron chi connectivity index (χ0n) is 13.8. The van der Waals surface area contributed by atoms with Crippen LogP contribution in [0.4, 0.5) is 4.39 Å². The van der Waals surface area contributed by atoms with E-state index in [0.29, 0.717) is 44.7 Å². The van der Waals surface area contributed by atoms with Crippen LogP contribution in [-0.2, 0) is 9.59 Å². The van der Waals surface area contributed by atoms with Crippen LogP contribution in [0, 0.1) is 11.7 Å². The molecule has 134 valence electrons. The molecular weight excluding hydrogens is 327 g/mol. The molecule has 3 amide bonds. The Labute approximate surface area is 144 Å². The number of benzene rings is 1. The summed E-state index contributed by atoms with van der Waals surface area (Å²) in [5.74, 6) is -0.881. The van der Waals surface area contributed by atoms with E-state index in [-0.39, 0.29) is 23.6 Å². The molecule has 2 saturated heterocycles. The molecule has 8 heteroatoms.